The van der Waals surface area contributed by atoms with Gasteiger partial charge in [-0.05, 0) is 48.9 Å². The van der Waals surface area contributed by atoms with Crippen molar-refractivity contribution < 1.29 is 4.74 Å². The molecule has 0 aliphatic carbocycles. The van der Waals surface area contributed by atoms with E-state index in [2.05, 4.69) is 0 Å². The first-order valence-electron chi connectivity index (χ1n) is 5.54. The van der Waals surface area contributed by atoms with Crippen molar-refractivity contribution in [3.8, 4) is 11.5 Å². The first kappa shape index (κ1) is 13.7. The Hall–Kier alpha value is -1.71. The number of hydrogen-bond acceptors (Lipinski definition) is 2. The minimum absolute atomic E-state index is 0.0282. The summed E-state index contributed by atoms with van der Waals surface area (Å²) in [6.45, 7) is 1.88. The van der Waals surface area contributed by atoms with Gasteiger partial charge in [-0.15, -0.1) is 0 Å². The van der Waals surface area contributed by atoms with Crippen molar-refractivity contribution in [1.29, 1.82) is 5.41 Å². The molecule has 0 radical (unpaired) electrons. The second-order valence-electron chi connectivity index (χ2n) is 4.10. The zero-order valence-electron chi connectivity index (χ0n) is 10.2. The zero-order valence-corrected chi connectivity index (χ0v) is 11.7. The molecular formula is C14H12Cl2N2O. The molecule has 0 aliphatic heterocycles. The van der Waals surface area contributed by atoms with E-state index in [4.69, 9.17) is 39.1 Å². The van der Waals surface area contributed by atoms with Crippen LogP contribution in [0.1, 0.15) is 11.1 Å². The monoisotopic (exact) mass is 294 g/mol. The minimum Gasteiger partial charge on any atom is -0.457 e. The van der Waals surface area contributed by atoms with Crippen LogP contribution >= 0.6 is 23.2 Å². The number of nitrogens with one attached hydrogen (secondary N) is 1. The molecule has 3 N–H and O–H groups in total. The third-order valence-electron chi connectivity index (χ3n) is 2.55. The van der Waals surface area contributed by atoms with Crippen molar-refractivity contribution in [2.24, 2.45) is 5.73 Å². The molecule has 2 rings (SSSR count). The van der Waals surface area contributed by atoms with E-state index in [-0.39, 0.29) is 5.84 Å². The maximum atomic E-state index is 7.38. The maximum Gasteiger partial charge on any atom is 0.130 e. The topological polar surface area (TPSA) is 59.1 Å². The lowest BCUT2D eigenvalue weighted by atomic mass is 10.1. The predicted octanol–water partition coefficient (Wildman–Crippen LogP) is 4.38. The van der Waals surface area contributed by atoms with E-state index in [1.807, 2.05) is 6.92 Å². The minimum atomic E-state index is 0.0282. The van der Waals surface area contributed by atoms with Crippen molar-refractivity contribution in [1.82, 2.24) is 0 Å². The van der Waals surface area contributed by atoms with E-state index in [9.17, 15) is 0 Å². The first-order chi connectivity index (χ1) is 8.95. The number of hydrogen-bond donors (Lipinski definition) is 2. The highest BCUT2D eigenvalue weighted by Crippen LogP contribution is 2.30. The lowest BCUT2D eigenvalue weighted by Crippen LogP contribution is -2.11. The predicted molar refractivity (Wildman–Crippen MR) is 78.7 cm³/mol. The highest BCUT2D eigenvalue weighted by molar-refractivity contribution is 6.34. The number of ether oxygens (including phenoxy) is 1. The van der Waals surface area contributed by atoms with Crippen molar-refractivity contribution in [3.63, 3.8) is 0 Å². The van der Waals surface area contributed by atoms with E-state index in [0.717, 1.165) is 5.56 Å². The Morgan fingerprint density at radius 3 is 2.26 bits per heavy atom. The highest BCUT2D eigenvalue weighted by Gasteiger charge is 2.06. The SMILES string of the molecule is Cc1cc(C(=N)N)ccc1Oc1cc(Cl)cc(Cl)c1. The number of rotatable bonds is 3. The van der Waals surface area contributed by atoms with Gasteiger partial charge in [0.2, 0.25) is 0 Å². The molecule has 0 bridgehead atoms. The fraction of sp³-hybridized carbons (Fsp3) is 0.0714. The molecule has 98 valence electrons. The summed E-state index contributed by atoms with van der Waals surface area (Å²) in [7, 11) is 0. The van der Waals surface area contributed by atoms with Crippen molar-refractivity contribution >= 4 is 29.0 Å². The molecule has 0 heterocycles. The first-order valence-corrected chi connectivity index (χ1v) is 6.30. The van der Waals surface area contributed by atoms with Gasteiger partial charge in [-0.2, -0.15) is 0 Å². The van der Waals surface area contributed by atoms with Gasteiger partial charge >= 0.3 is 0 Å². The summed E-state index contributed by atoms with van der Waals surface area (Å²) in [4.78, 5) is 0. The fourth-order valence-corrected chi connectivity index (χ4v) is 2.15. The Bertz CT molecular complexity index is 621. The summed E-state index contributed by atoms with van der Waals surface area (Å²) < 4.78 is 5.73. The van der Waals surface area contributed by atoms with Crippen LogP contribution in [0.4, 0.5) is 0 Å². The molecule has 0 saturated carbocycles. The van der Waals surface area contributed by atoms with Gasteiger partial charge in [0.1, 0.15) is 17.3 Å². The molecule has 3 nitrogen and oxygen atoms in total. The average molecular weight is 295 g/mol. The van der Waals surface area contributed by atoms with E-state index >= 15 is 0 Å². The quantitative estimate of drug-likeness (QED) is 0.652. The molecule has 0 spiro atoms. The second-order valence-corrected chi connectivity index (χ2v) is 4.97. The Morgan fingerprint density at radius 2 is 1.74 bits per heavy atom. The van der Waals surface area contributed by atoms with Gasteiger partial charge in [-0.1, -0.05) is 23.2 Å². The maximum absolute atomic E-state index is 7.38. The summed E-state index contributed by atoms with van der Waals surface area (Å²) in [5.41, 5.74) is 6.97. The van der Waals surface area contributed by atoms with Crippen LogP contribution in [0.25, 0.3) is 0 Å². The number of aryl methyl sites for hydroxylation is 1. The number of benzene rings is 2. The van der Waals surface area contributed by atoms with Gasteiger partial charge in [0.05, 0.1) is 0 Å². The molecule has 0 unspecified atom stereocenters. The van der Waals surface area contributed by atoms with E-state index in [0.29, 0.717) is 27.1 Å². The molecule has 2 aromatic carbocycles. The fourth-order valence-electron chi connectivity index (χ4n) is 1.65. The molecule has 0 fully saturated rings. The Labute approximate surface area is 121 Å². The third kappa shape index (κ3) is 3.40. The molecule has 0 atom stereocenters. The van der Waals surface area contributed by atoms with Crippen LogP contribution in [-0.4, -0.2) is 5.84 Å². The van der Waals surface area contributed by atoms with E-state index in [1.165, 1.54) is 0 Å². The number of nitrogen functional groups attached to an aromatic ring is 1. The van der Waals surface area contributed by atoms with Crippen LogP contribution in [0.15, 0.2) is 36.4 Å². The third-order valence-corrected chi connectivity index (χ3v) is 2.99. The molecule has 0 aromatic heterocycles. The van der Waals surface area contributed by atoms with Gasteiger partial charge in [0.25, 0.3) is 0 Å². The number of nitrogens with two attached hydrogens (primary N) is 1. The standard InChI is InChI=1S/C14H12Cl2N2O/c1-8-4-9(14(17)18)2-3-13(8)19-12-6-10(15)5-11(16)7-12/h2-7H,1H3,(H3,17,18). The summed E-state index contributed by atoms with van der Waals surface area (Å²) in [6, 6.07) is 10.3. The smallest absolute Gasteiger partial charge is 0.130 e. The largest absolute Gasteiger partial charge is 0.457 e. The molecule has 0 amide bonds. The second kappa shape index (κ2) is 5.51. The Balaban J connectivity index is 2.30. The van der Waals surface area contributed by atoms with Gasteiger partial charge in [0.15, 0.2) is 0 Å². The Morgan fingerprint density at radius 1 is 1.11 bits per heavy atom. The van der Waals surface area contributed by atoms with Crippen LogP contribution in [0.5, 0.6) is 11.5 Å². The number of halogens is 2. The number of amidine groups is 1. The molecule has 2 aromatic rings. The lowest BCUT2D eigenvalue weighted by molar-refractivity contribution is 0.479. The van der Waals surface area contributed by atoms with Crippen LogP contribution in [0.2, 0.25) is 10.0 Å². The van der Waals surface area contributed by atoms with E-state index in [1.54, 1.807) is 36.4 Å². The Kier molecular flexibility index (Phi) is 3.98. The molecule has 0 aliphatic rings. The van der Waals surface area contributed by atoms with Crippen LogP contribution in [0.3, 0.4) is 0 Å². The van der Waals surface area contributed by atoms with Gasteiger partial charge in [-0.3, -0.25) is 5.41 Å². The zero-order chi connectivity index (χ0) is 14.0. The molecule has 19 heavy (non-hydrogen) atoms. The van der Waals surface area contributed by atoms with Gasteiger partial charge < -0.3 is 10.5 Å². The summed E-state index contributed by atoms with van der Waals surface area (Å²) in [5.74, 6) is 1.26. The lowest BCUT2D eigenvalue weighted by Gasteiger charge is -2.10. The highest BCUT2D eigenvalue weighted by atomic mass is 35.5. The van der Waals surface area contributed by atoms with Crippen LogP contribution in [-0.2, 0) is 0 Å². The van der Waals surface area contributed by atoms with Crippen molar-refractivity contribution in [2.45, 2.75) is 6.92 Å². The molecular weight excluding hydrogens is 283 g/mol. The average Bonchev–Trinajstić information content (AvgIpc) is 2.30. The van der Waals surface area contributed by atoms with Gasteiger partial charge in [0, 0.05) is 15.6 Å². The van der Waals surface area contributed by atoms with Crippen molar-refractivity contribution in [3.05, 3.63) is 57.6 Å². The summed E-state index contributed by atoms with van der Waals surface area (Å²) >= 11 is 11.8. The molecule has 5 heteroatoms. The van der Waals surface area contributed by atoms with Gasteiger partial charge in [-0.25, -0.2) is 0 Å². The molecule has 0 saturated heterocycles. The van der Waals surface area contributed by atoms with Crippen LogP contribution < -0.4 is 10.5 Å². The summed E-state index contributed by atoms with van der Waals surface area (Å²) in [5, 5.41) is 8.41. The normalized spacial score (nSPS) is 10.3. The van der Waals surface area contributed by atoms with Crippen molar-refractivity contribution in [2.75, 3.05) is 0 Å². The van der Waals surface area contributed by atoms with Crippen LogP contribution in [0, 0.1) is 12.3 Å². The summed E-state index contributed by atoms with van der Waals surface area (Å²) in [6.07, 6.45) is 0. The van der Waals surface area contributed by atoms with E-state index < -0.39 is 0 Å².